The van der Waals surface area contributed by atoms with Crippen LogP contribution in [0.5, 0.6) is 0 Å². The van der Waals surface area contributed by atoms with E-state index in [0.717, 1.165) is 23.6 Å². The van der Waals surface area contributed by atoms with Crippen LogP contribution in [-0.4, -0.2) is 22.0 Å². The third-order valence-electron chi connectivity index (χ3n) is 3.16. The zero-order valence-electron chi connectivity index (χ0n) is 12.2. The lowest BCUT2D eigenvalue weighted by molar-refractivity contribution is 0.810. The number of nitrogens with two attached hydrogens (primary N) is 1. The molecule has 2 heterocycles. The zero-order valence-corrected chi connectivity index (χ0v) is 13.0. The first-order valence-corrected chi connectivity index (χ1v) is 7.34. The Kier molecular flexibility index (Phi) is 4.51. The predicted octanol–water partition coefficient (Wildman–Crippen LogP) is 2.29. The summed E-state index contributed by atoms with van der Waals surface area (Å²) in [7, 11) is 2.02. The number of nitrogens with zero attached hydrogens (tertiary/aromatic N) is 4. The van der Waals surface area contributed by atoms with Crippen molar-refractivity contribution in [2.45, 2.75) is 33.2 Å². The number of nitrogen functional groups attached to an aromatic ring is 1. The van der Waals surface area contributed by atoms with Crippen molar-refractivity contribution >= 4 is 23.0 Å². The first-order valence-electron chi connectivity index (χ1n) is 6.46. The molecule has 2 aromatic rings. The molecule has 2 rings (SSSR count). The molecule has 0 aliphatic carbocycles. The van der Waals surface area contributed by atoms with Crippen molar-refractivity contribution < 1.29 is 0 Å². The van der Waals surface area contributed by atoms with Crippen LogP contribution in [0.2, 0.25) is 0 Å². The van der Waals surface area contributed by atoms with Gasteiger partial charge in [-0.2, -0.15) is 0 Å². The van der Waals surface area contributed by atoms with Gasteiger partial charge in [0.25, 0.3) is 0 Å². The van der Waals surface area contributed by atoms with E-state index in [0.29, 0.717) is 5.82 Å². The van der Waals surface area contributed by atoms with Gasteiger partial charge in [0.1, 0.15) is 18.0 Å². The van der Waals surface area contributed by atoms with E-state index in [1.54, 1.807) is 11.3 Å². The van der Waals surface area contributed by atoms with Gasteiger partial charge >= 0.3 is 0 Å². The summed E-state index contributed by atoms with van der Waals surface area (Å²) in [6, 6.07) is 0. The van der Waals surface area contributed by atoms with Gasteiger partial charge in [0, 0.05) is 17.5 Å². The van der Waals surface area contributed by atoms with Gasteiger partial charge in [-0.25, -0.2) is 20.8 Å². The van der Waals surface area contributed by atoms with Crippen LogP contribution >= 0.6 is 11.3 Å². The second kappa shape index (κ2) is 6.15. The van der Waals surface area contributed by atoms with Crippen LogP contribution in [0.4, 0.5) is 11.6 Å². The van der Waals surface area contributed by atoms with Gasteiger partial charge in [0.2, 0.25) is 0 Å². The van der Waals surface area contributed by atoms with Gasteiger partial charge in [-0.05, 0) is 12.8 Å². The van der Waals surface area contributed by atoms with Crippen molar-refractivity contribution in [3.05, 3.63) is 28.0 Å². The standard InChI is InChI=1S/C13H20N6S/c1-8(2)11-12(18-14)15-6-16-13(11)19(4)5-10-9(3)17-7-20-10/h6-8H,5,14H2,1-4H3,(H,15,16,18). The van der Waals surface area contributed by atoms with E-state index >= 15 is 0 Å². The summed E-state index contributed by atoms with van der Waals surface area (Å²) < 4.78 is 0. The lowest BCUT2D eigenvalue weighted by Gasteiger charge is -2.23. The lowest BCUT2D eigenvalue weighted by Crippen LogP contribution is -2.22. The number of thiazole rings is 1. The van der Waals surface area contributed by atoms with E-state index < -0.39 is 0 Å². The maximum atomic E-state index is 5.55. The van der Waals surface area contributed by atoms with Crippen LogP contribution in [0, 0.1) is 6.92 Å². The van der Waals surface area contributed by atoms with Crippen LogP contribution in [0.3, 0.4) is 0 Å². The summed E-state index contributed by atoms with van der Waals surface area (Å²) in [5.41, 5.74) is 6.62. The van der Waals surface area contributed by atoms with Gasteiger partial charge in [-0.1, -0.05) is 13.8 Å². The number of nitrogens with one attached hydrogen (secondary N) is 1. The maximum absolute atomic E-state index is 5.55. The van der Waals surface area contributed by atoms with Gasteiger partial charge in [-0.15, -0.1) is 11.3 Å². The third kappa shape index (κ3) is 2.88. The van der Waals surface area contributed by atoms with Crippen molar-refractivity contribution in [1.29, 1.82) is 0 Å². The summed E-state index contributed by atoms with van der Waals surface area (Å²) in [5.74, 6) is 7.41. The van der Waals surface area contributed by atoms with Crippen molar-refractivity contribution in [2.24, 2.45) is 5.84 Å². The van der Waals surface area contributed by atoms with Crippen LogP contribution in [0.1, 0.15) is 35.9 Å². The molecule has 0 amide bonds. The first-order chi connectivity index (χ1) is 9.54. The quantitative estimate of drug-likeness (QED) is 0.650. The molecule has 0 aromatic carbocycles. The van der Waals surface area contributed by atoms with Gasteiger partial charge in [-0.3, -0.25) is 0 Å². The van der Waals surface area contributed by atoms with E-state index in [9.17, 15) is 0 Å². The average molecular weight is 292 g/mol. The van der Waals surface area contributed by atoms with Crippen molar-refractivity contribution in [2.75, 3.05) is 17.4 Å². The molecule has 0 radical (unpaired) electrons. The second-order valence-corrected chi connectivity index (χ2v) is 5.91. The smallest absolute Gasteiger partial charge is 0.148 e. The topological polar surface area (TPSA) is 80.0 Å². The first kappa shape index (κ1) is 14.7. The monoisotopic (exact) mass is 292 g/mol. The van der Waals surface area contributed by atoms with Crippen LogP contribution in [0.25, 0.3) is 0 Å². The Balaban J connectivity index is 2.34. The fourth-order valence-corrected chi connectivity index (χ4v) is 2.93. The molecule has 0 spiro atoms. The lowest BCUT2D eigenvalue weighted by atomic mass is 10.0. The van der Waals surface area contributed by atoms with E-state index in [1.165, 1.54) is 11.2 Å². The van der Waals surface area contributed by atoms with Crippen LogP contribution in [-0.2, 0) is 6.54 Å². The summed E-state index contributed by atoms with van der Waals surface area (Å²) in [4.78, 5) is 16.2. The molecule has 7 heteroatoms. The molecule has 0 unspecified atom stereocenters. The molecule has 0 aliphatic heterocycles. The molecule has 0 aliphatic rings. The van der Waals surface area contributed by atoms with E-state index in [1.807, 2.05) is 19.5 Å². The van der Waals surface area contributed by atoms with Crippen molar-refractivity contribution in [3.63, 3.8) is 0 Å². The highest BCUT2D eigenvalue weighted by molar-refractivity contribution is 7.09. The molecule has 3 N–H and O–H groups in total. The van der Waals surface area contributed by atoms with Crippen molar-refractivity contribution in [1.82, 2.24) is 15.0 Å². The number of aryl methyl sites for hydroxylation is 1. The van der Waals surface area contributed by atoms with Gasteiger partial charge in [0.05, 0.1) is 17.7 Å². The number of hydrazine groups is 1. The minimum absolute atomic E-state index is 0.280. The minimum atomic E-state index is 0.280. The normalized spacial score (nSPS) is 10.9. The third-order valence-corrected chi connectivity index (χ3v) is 4.08. The summed E-state index contributed by atoms with van der Waals surface area (Å²) in [6.07, 6.45) is 1.53. The molecule has 0 saturated heterocycles. The van der Waals surface area contributed by atoms with E-state index in [2.05, 4.69) is 39.1 Å². The van der Waals surface area contributed by atoms with Crippen molar-refractivity contribution in [3.8, 4) is 0 Å². The average Bonchev–Trinajstić information content (AvgIpc) is 2.83. The SMILES string of the molecule is Cc1ncsc1CN(C)c1ncnc(NN)c1C(C)C. The number of anilines is 2. The van der Waals surface area contributed by atoms with E-state index in [-0.39, 0.29) is 5.92 Å². The Morgan fingerprint density at radius 1 is 1.35 bits per heavy atom. The van der Waals surface area contributed by atoms with E-state index in [4.69, 9.17) is 5.84 Å². The molecule has 20 heavy (non-hydrogen) atoms. The maximum Gasteiger partial charge on any atom is 0.148 e. The van der Waals surface area contributed by atoms with Gasteiger partial charge in [0.15, 0.2) is 0 Å². The van der Waals surface area contributed by atoms with Gasteiger partial charge < -0.3 is 10.3 Å². The summed E-state index contributed by atoms with van der Waals surface area (Å²) >= 11 is 1.66. The van der Waals surface area contributed by atoms with Crippen LogP contribution < -0.4 is 16.2 Å². The molecular formula is C13H20N6S. The molecule has 0 fully saturated rings. The summed E-state index contributed by atoms with van der Waals surface area (Å²) in [6.45, 7) is 7.01. The fourth-order valence-electron chi connectivity index (χ4n) is 2.11. The highest BCUT2D eigenvalue weighted by atomic mass is 32.1. The Hall–Kier alpha value is -1.73. The largest absolute Gasteiger partial charge is 0.354 e. The Morgan fingerprint density at radius 3 is 2.65 bits per heavy atom. The predicted molar refractivity (Wildman–Crippen MR) is 82.9 cm³/mol. The molecule has 2 aromatic heterocycles. The molecular weight excluding hydrogens is 272 g/mol. The Bertz CT molecular complexity index is 580. The Labute approximate surface area is 123 Å². The molecule has 108 valence electrons. The second-order valence-electron chi connectivity index (χ2n) is 4.98. The molecule has 0 atom stereocenters. The molecule has 0 bridgehead atoms. The fraction of sp³-hybridized carbons (Fsp3) is 0.462. The number of aromatic nitrogens is 3. The number of rotatable bonds is 5. The number of hydrogen-bond acceptors (Lipinski definition) is 7. The Morgan fingerprint density at radius 2 is 2.10 bits per heavy atom. The zero-order chi connectivity index (χ0) is 14.7. The highest BCUT2D eigenvalue weighted by Gasteiger charge is 2.18. The number of hydrogen-bond donors (Lipinski definition) is 2. The highest BCUT2D eigenvalue weighted by Crippen LogP contribution is 2.30. The summed E-state index contributed by atoms with van der Waals surface area (Å²) in [5, 5.41) is 0. The molecule has 0 saturated carbocycles. The van der Waals surface area contributed by atoms with Crippen LogP contribution in [0.15, 0.2) is 11.8 Å². The minimum Gasteiger partial charge on any atom is -0.354 e. The molecule has 6 nitrogen and oxygen atoms in total.